The second kappa shape index (κ2) is 8.47. The van der Waals surface area contributed by atoms with Gasteiger partial charge >= 0.3 is 6.03 Å². The molecule has 1 aliphatic heterocycles. The van der Waals surface area contributed by atoms with Crippen molar-refractivity contribution in [3.63, 3.8) is 0 Å². The minimum absolute atomic E-state index is 0.246. The van der Waals surface area contributed by atoms with E-state index in [1.165, 1.54) is 5.56 Å². The molecule has 31 heavy (non-hydrogen) atoms. The highest BCUT2D eigenvalue weighted by molar-refractivity contribution is 5.99. The Morgan fingerprint density at radius 1 is 1.00 bits per heavy atom. The van der Waals surface area contributed by atoms with E-state index in [1.807, 2.05) is 54.7 Å². The number of carbonyl (C=O) groups is 1. The van der Waals surface area contributed by atoms with Gasteiger partial charge in [0.2, 0.25) is 0 Å². The van der Waals surface area contributed by atoms with Crippen LogP contribution in [-0.4, -0.2) is 34.1 Å². The van der Waals surface area contributed by atoms with Gasteiger partial charge in [0.05, 0.1) is 5.39 Å². The maximum atomic E-state index is 12.4. The molecule has 0 saturated carbocycles. The fraction of sp³-hybridized carbons (Fsp3) is 0.208. The van der Waals surface area contributed by atoms with Crippen molar-refractivity contribution >= 4 is 34.3 Å². The molecule has 3 N–H and O–H groups in total. The average Bonchev–Trinajstić information content (AvgIpc) is 3.29. The SMILES string of the molecule is O=C(Nc1ccccc1)Nc1cccc([C@@H]2CCCN(c3ncnc4[nH]ccc34)C2)c1. The van der Waals surface area contributed by atoms with E-state index in [1.54, 1.807) is 6.33 Å². The zero-order valence-electron chi connectivity index (χ0n) is 17.1. The van der Waals surface area contributed by atoms with E-state index in [2.05, 4.69) is 42.6 Å². The van der Waals surface area contributed by atoms with Crippen molar-refractivity contribution in [3.05, 3.63) is 78.8 Å². The standard InChI is InChI=1S/C24H24N6O/c31-24(28-19-8-2-1-3-9-19)29-20-10-4-6-17(14-20)18-7-5-13-30(15-18)23-21-11-12-25-22(21)26-16-27-23/h1-4,6,8-12,14,16,18H,5,7,13,15H2,(H,25,26,27)(H2,28,29,31)/t18-/m1/s1. The lowest BCUT2D eigenvalue weighted by Gasteiger charge is -2.34. The Labute approximate surface area is 180 Å². The van der Waals surface area contributed by atoms with Gasteiger partial charge in [-0.25, -0.2) is 14.8 Å². The number of fused-ring (bicyclic) bond motifs is 1. The first kappa shape index (κ1) is 19.1. The summed E-state index contributed by atoms with van der Waals surface area (Å²) < 4.78 is 0. The van der Waals surface area contributed by atoms with Crippen LogP contribution in [0.4, 0.5) is 22.0 Å². The van der Waals surface area contributed by atoms with Gasteiger partial charge < -0.3 is 20.5 Å². The quantitative estimate of drug-likeness (QED) is 0.441. The Morgan fingerprint density at radius 2 is 1.84 bits per heavy atom. The van der Waals surface area contributed by atoms with Gasteiger partial charge in [0, 0.05) is 36.6 Å². The molecule has 5 rings (SSSR count). The predicted octanol–water partition coefficient (Wildman–Crippen LogP) is 4.99. The van der Waals surface area contributed by atoms with Crippen LogP contribution < -0.4 is 15.5 Å². The normalized spacial score (nSPS) is 16.3. The molecule has 2 aromatic heterocycles. The summed E-state index contributed by atoms with van der Waals surface area (Å²) in [6.07, 6.45) is 5.72. The number of urea groups is 1. The van der Waals surface area contributed by atoms with Gasteiger partial charge in [-0.3, -0.25) is 0 Å². The van der Waals surface area contributed by atoms with Gasteiger partial charge in [-0.15, -0.1) is 0 Å². The van der Waals surface area contributed by atoms with E-state index in [-0.39, 0.29) is 6.03 Å². The molecule has 0 unspecified atom stereocenters. The number of hydrogen-bond donors (Lipinski definition) is 3. The summed E-state index contributed by atoms with van der Waals surface area (Å²) >= 11 is 0. The molecular formula is C24H24N6O. The number of nitrogens with zero attached hydrogens (tertiary/aromatic N) is 3. The smallest absolute Gasteiger partial charge is 0.323 e. The first-order valence-electron chi connectivity index (χ1n) is 10.5. The van der Waals surface area contributed by atoms with Crippen molar-refractivity contribution in [1.29, 1.82) is 0 Å². The van der Waals surface area contributed by atoms with Crippen molar-refractivity contribution in [2.75, 3.05) is 28.6 Å². The number of amides is 2. The molecule has 0 aliphatic carbocycles. The molecular weight excluding hydrogens is 388 g/mol. The third-order valence-electron chi connectivity index (χ3n) is 5.70. The maximum Gasteiger partial charge on any atom is 0.323 e. The lowest BCUT2D eigenvalue weighted by Crippen LogP contribution is -2.35. The Hall–Kier alpha value is -3.87. The molecule has 7 nitrogen and oxygen atoms in total. The molecule has 0 radical (unpaired) electrons. The molecule has 1 saturated heterocycles. The van der Waals surface area contributed by atoms with Crippen LogP contribution in [0.3, 0.4) is 0 Å². The molecule has 4 aromatic rings. The maximum absolute atomic E-state index is 12.4. The van der Waals surface area contributed by atoms with E-state index >= 15 is 0 Å². The minimum atomic E-state index is -0.246. The molecule has 0 bridgehead atoms. The van der Waals surface area contributed by atoms with Crippen LogP contribution in [0.15, 0.2) is 73.2 Å². The molecule has 1 atom stereocenters. The minimum Gasteiger partial charge on any atom is -0.355 e. The highest BCUT2D eigenvalue weighted by atomic mass is 16.2. The van der Waals surface area contributed by atoms with E-state index in [0.29, 0.717) is 5.92 Å². The topological polar surface area (TPSA) is 85.9 Å². The number of piperidine rings is 1. The third kappa shape index (κ3) is 4.21. The summed E-state index contributed by atoms with van der Waals surface area (Å²) in [5, 5.41) is 6.85. The lowest BCUT2D eigenvalue weighted by molar-refractivity contribution is 0.262. The zero-order chi connectivity index (χ0) is 21.0. The number of H-pyrrole nitrogens is 1. The van der Waals surface area contributed by atoms with Gasteiger partial charge in [0.25, 0.3) is 0 Å². The van der Waals surface area contributed by atoms with E-state index in [4.69, 9.17) is 0 Å². The number of hydrogen-bond acceptors (Lipinski definition) is 4. The van der Waals surface area contributed by atoms with Crippen LogP contribution in [0.1, 0.15) is 24.3 Å². The lowest BCUT2D eigenvalue weighted by atomic mass is 9.90. The summed E-state index contributed by atoms with van der Waals surface area (Å²) in [7, 11) is 0. The van der Waals surface area contributed by atoms with Crippen LogP contribution in [0.5, 0.6) is 0 Å². The highest BCUT2D eigenvalue weighted by Gasteiger charge is 2.24. The summed E-state index contributed by atoms with van der Waals surface area (Å²) in [5.41, 5.74) is 3.64. The summed E-state index contributed by atoms with van der Waals surface area (Å²) in [5.74, 6) is 1.35. The number of carbonyl (C=O) groups excluding carboxylic acids is 1. The van der Waals surface area contributed by atoms with Crippen LogP contribution in [0, 0.1) is 0 Å². The van der Waals surface area contributed by atoms with Crippen LogP contribution >= 0.6 is 0 Å². The molecule has 1 aliphatic rings. The Balaban J connectivity index is 1.30. The molecule has 2 amide bonds. The van der Waals surface area contributed by atoms with Crippen molar-refractivity contribution in [1.82, 2.24) is 15.0 Å². The number of para-hydroxylation sites is 1. The summed E-state index contributed by atoms with van der Waals surface area (Å²) in [4.78, 5) is 26.7. The fourth-order valence-corrected chi connectivity index (χ4v) is 4.24. The van der Waals surface area contributed by atoms with E-state index in [0.717, 1.165) is 54.2 Å². The number of benzene rings is 2. The second-order valence-electron chi connectivity index (χ2n) is 7.79. The molecule has 1 fully saturated rings. The van der Waals surface area contributed by atoms with Gasteiger partial charge in [0.15, 0.2) is 0 Å². The molecule has 2 aromatic carbocycles. The van der Waals surface area contributed by atoms with E-state index in [9.17, 15) is 4.79 Å². The highest BCUT2D eigenvalue weighted by Crippen LogP contribution is 2.32. The van der Waals surface area contributed by atoms with Gasteiger partial charge in [0.1, 0.15) is 17.8 Å². The van der Waals surface area contributed by atoms with Gasteiger partial charge in [-0.2, -0.15) is 0 Å². The largest absolute Gasteiger partial charge is 0.355 e. The Morgan fingerprint density at radius 3 is 2.74 bits per heavy atom. The van der Waals surface area contributed by atoms with Crippen LogP contribution in [0.2, 0.25) is 0 Å². The summed E-state index contributed by atoms with van der Waals surface area (Å²) in [6, 6.07) is 19.3. The van der Waals surface area contributed by atoms with Crippen molar-refractivity contribution in [2.45, 2.75) is 18.8 Å². The molecule has 0 spiro atoms. The van der Waals surface area contributed by atoms with Crippen molar-refractivity contribution < 1.29 is 4.79 Å². The number of anilines is 3. The Bertz CT molecular complexity index is 1190. The monoisotopic (exact) mass is 412 g/mol. The number of nitrogens with one attached hydrogen (secondary N) is 3. The number of aromatic nitrogens is 3. The first-order valence-corrected chi connectivity index (χ1v) is 10.5. The predicted molar refractivity (Wildman–Crippen MR) is 124 cm³/mol. The summed E-state index contributed by atoms with van der Waals surface area (Å²) in [6.45, 7) is 1.86. The Kier molecular flexibility index (Phi) is 5.22. The van der Waals surface area contributed by atoms with Crippen LogP contribution in [-0.2, 0) is 0 Å². The third-order valence-corrected chi connectivity index (χ3v) is 5.70. The second-order valence-corrected chi connectivity index (χ2v) is 7.79. The number of aromatic amines is 1. The zero-order valence-corrected chi connectivity index (χ0v) is 17.1. The van der Waals surface area contributed by atoms with Crippen molar-refractivity contribution in [2.24, 2.45) is 0 Å². The number of rotatable bonds is 4. The van der Waals surface area contributed by atoms with E-state index < -0.39 is 0 Å². The molecule has 7 heteroatoms. The average molecular weight is 412 g/mol. The van der Waals surface area contributed by atoms with Gasteiger partial charge in [-0.05, 0) is 48.7 Å². The van der Waals surface area contributed by atoms with Gasteiger partial charge in [-0.1, -0.05) is 30.3 Å². The molecule has 156 valence electrons. The fourth-order valence-electron chi connectivity index (χ4n) is 4.24. The van der Waals surface area contributed by atoms with Crippen molar-refractivity contribution in [3.8, 4) is 0 Å². The molecule has 3 heterocycles. The first-order chi connectivity index (χ1) is 15.3. The van der Waals surface area contributed by atoms with Crippen LogP contribution in [0.25, 0.3) is 11.0 Å².